The lowest BCUT2D eigenvalue weighted by molar-refractivity contribution is 0.293. The first-order valence-corrected chi connectivity index (χ1v) is 8.66. The Balaban J connectivity index is 2.03. The third kappa shape index (κ3) is 2.36. The number of hydrogen-bond donors (Lipinski definition) is 0. The Bertz CT molecular complexity index is 1060. The highest BCUT2D eigenvalue weighted by atomic mass is 19.1. The largest absolute Gasteiger partial charge is 0.277 e. The summed E-state index contributed by atoms with van der Waals surface area (Å²) in [6.07, 6.45) is 1.74. The maximum atomic E-state index is 14.8. The fraction of sp³-hybridized carbons (Fsp3) is 0.273. The monoisotopic (exact) mass is 350 g/mol. The topological polar surface area (TPSA) is 25.2 Å². The lowest BCUT2D eigenvalue weighted by Crippen LogP contribution is -2.46. The summed E-state index contributed by atoms with van der Waals surface area (Å²) in [7, 11) is 0. The fourth-order valence-corrected chi connectivity index (χ4v) is 3.62. The van der Waals surface area contributed by atoms with E-state index in [1.54, 1.807) is 6.20 Å². The number of benzene rings is 2. The Labute approximate surface area is 151 Å². The summed E-state index contributed by atoms with van der Waals surface area (Å²) in [6.45, 7) is 7.89. The van der Waals surface area contributed by atoms with Gasteiger partial charge in [-0.2, -0.15) is 0 Å². The molecular weight excluding hydrogens is 330 g/mol. The smallest absolute Gasteiger partial charge is 0.130 e. The number of nitrogens with zero attached hydrogens (tertiary/aromatic N) is 2. The van der Waals surface area contributed by atoms with Gasteiger partial charge in [-0.1, -0.05) is 26.0 Å². The number of rotatable bonds is 1. The van der Waals surface area contributed by atoms with Gasteiger partial charge in [-0.3, -0.25) is 9.98 Å². The summed E-state index contributed by atoms with van der Waals surface area (Å²) >= 11 is 0. The van der Waals surface area contributed by atoms with E-state index in [1.807, 2.05) is 58.0 Å². The van der Waals surface area contributed by atoms with Gasteiger partial charge in [0.25, 0.3) is 0 Å². The van der Waals surface area contributed by atoms with E-state index in [1.165, 1.54) is 6.07 Å². The first-order valence-electron chi connectivity index (χ1n) is 8.66. The predicted molar refractivity (Wildman–Crippen MR) is 101 cm³/mol. The maximum absolute atomic E-state index is 14.8. The molecule has 0 spiro atoms. The SMILES string of the molecule is CC1(C)N=C(c2ccc3ncccc3c2)c2cc(F)cc(F)c2C1(C)C. The maximum Gasteiger partial charge on any atom is 0.130 e. The lowest BCUT2D eigenvalue weighted by atomic mass is 9.65. The normalized spacial score (nSPS) is 17.7. The zero-order valence-electron chi connectivity index (χ0n) is 15.3. The molecule has 1 aliphatic rings. The third-order valence-electron chi connectivity index (χ3n) is 5.73. The van der Waals surface area contributed by atoms with E-state index >= 15 is 0 Å². The number of aliphatic imine (C=N–C) groups is 1. The third-order valence-corrected chi connectivity index (χ3v) is 5.73. The predicted octanol–water partition coefficient (Wildman–Crippen LogP) is 5.42. The number of pyridine rings is 1. The van der Waals surface area contributed by atoms with E-state index in [4.69, 9.17) is 4.99 Å². The van der Waals surface area contributed by atoms with Gasteiger partial charge in [0.05, 0.1) is 16.8 Å². The fourth-order valence-electron chi connectivity index (χ4n) is 3.62. The van der Waals surface area contributed by atoms with E-state index in [0.717, 1.165) is 22.5 Å². The number of fused-ring (bicyclic) bond motifs is 2. The van der Waals surface area contributed by atoms with Crippen LogP contribution in [0.3, 0.4) is 0 Å². The molecular formula is C22H20F2N2. The molecule has 2 aromatic carbocycles. The summed E-state index contributed by atoms with van der Waals surface area (Å²) in [5, 5.41) is 0.966. The summed E-state index contributed by atoms with van der Waals surface area (Å²) in [6, 6.07) is 12.0. The molecule has 0 atom stereocenters. The molecule has 0 bridgehead atoms. The molecule has 1 aromatic heterocycles. The summed E-state index contributed by atoms with van der Waals surface area (Å²) in [5.74, 6) is -1.11. The van der Waals surface area contributed by atoms with Crippen molar-refractivity contribution >= 4 is 16.6 Å². The molecule has 132 valence electrons. The van der Waals surface area contributed by atoms with Crippen LogP contribution >= 0.6 is 0 Å². The zero-order chi connectivity index (χ0) is 18.7. The molecule has 2 heterocycles. The minimum absolute atomic E-state index is 0.514. The van der Waals surface area contributed by atoms with Gasteiger partial charge in [0.2, 0.25) is 0 Å². The van der Waals surface area contributed by atoms with Gasteiger partial charge >= 0.3 is 0 Å². The van der Waals surface area contributed by atoms with Crippen molar-refractivity contribution in [2.24, 2.45) is 4.99 Å². The van der Waals surface area contributed by atoms with Gasteiger partial charge in [0.1, 0.15) is 11.6 Å². The van der Waals surface area contributed by atoms with Crippen molar-refractivity contribution in [1.29, 1.82) is 0 Å². The van der Waals surface area contributed by atoms with Crippen LogP contribution < -0.4 is 0 Å². The molecule has 0 unspecified atom stereocenters. The Morgan fingerprint density at radius 3 is 2.46 bits per heavy atom. The molecule has 0 amide bonds. The molecule has 26 heavy (non-hydrogen) atoms. The Hall–Kier alpha value is -2.62. The van der Waals surface area contributed by atoms with Gasteiger partial charge < -0.3 is 0 Å². The average Bonchev–Trinajstić information content (AvgIpc) is 2.57. The zero-order valence-corrected chi connectivity index (χ0v) is 15.3. The van der Waals surface area contributed by atoms with Crippen molar-refractivity contribution in [3.05, 3.63) is 77.0 Å². The average molecular weight is 350 g/mol. The second-order valence-electron chi connectivity index (χ2n) is 7.87. The van der Waals surface area contributed by atoms with Crippen LogP contribution in [-0.2, 0) is 5.41 Å². The minimum Gasteiger partial charge on any atom is -0.277 e. The summed E-state index contributed by atoms with van der Waals surface area (Å²) in [5.41, 5.74) is 2.25. The van der Waals surface area contributed by atoms with Gasteiger partial charge in [-0.25, -0.2) is 8.78 Å². The highest BCUT2D eigenvalue weighted by Gasteiger charge is 2.45. The molecule has 3 aromatic rings. The molecule has 0 saturated carbocycles. The van der Waals surface area contributed by atoms with Crippen LogP contribution in [0.5, 0.6) is 0 Å². The minimum atomic E-state index is -0.591. The van der Waals surface area contributed by atoms with Crippen LogP contribution in [0.2, 0.25) is 0 Å². The Kier molecular flexibility index (Phi) is 3.52. The van der Waals surface area contributed by atoms with Crippen molar-refractivity contribution in [2.75, 3.05) is 0 Å². The van der Waals surface area contributed by atoms with Crippen molar-refractivity contribution < 1.29 is 8.78 Å². The second kappa shape index (κ2) is 5.44. The Morgan fingerprint density at radius 2 is 1.69 bits per heavy atom. The van der Waals surface area contributed by atoms with Gasteiger partial charge in [0, 0.05) is 39.8 Å². The second-order valence-corrected chi connectivity index (χ2v) is 7.87. The number of hydrogen-bond acceptors (Lipinski definition) is 2. The number of halogens is 2. The number of aromatic nitrogens is 1. The molecule has 4 heteroatoms. The van der Waals surface area contributed by atoms with Gasteiger partial charge in [-0.15, -0.1) is 0 Å². The molecule has 0 radical (unpaired) electrons. The molecule has 0 saturated heterocycles. The summed E-state index contributed by atoms with van der Waals surface area (Å²) in [4.78, 5) is 9.26. The van der Waals surface area contributed by atoms with Gasteiger partial charge in [0.15, 0.2) is 0 Å². The molecule has 0 aliphatic carbocycles. The van der Waals surface area contributed by atoms with Crippen molar-refractivity contribution in [3.8, 4) is 0 Å². The van der Waals surface area contributed by atoms with E-state index in [2.05, 4.69) is 4.98 Å². The van der Waals surface area contributed by atoms with Crippen LogP contribution in [0.4, 0.5) is 8.78 Å². The lowest BCUT2D eigenvalue weighted by Gasteiger charge is -2.44. The van der Waals surface area contributed by atoms with Gasteiger partial charge in [-0.05, 0) is 38.1 Å². The molecule has 0 fully saturated rings. The first-order chi connectivity index (χ1) is 12.2. The standard InChI is InChI=1S/C22H20F2N2/c1-21(2)19-16(11-15(23)12-17(19)24)20(26-22(21,3)4)14-7-8-18-13(10-14)6-5-9-25-18/h5-12H,1-4H3. The highest BCUT2D eigenvalue weighted by Crippen LogP contribution is 2.45. The molecule has 2 nitrogen and oxygen atoms in total. The first kappa shape index (κ1) is 16.8. The van der Waals surface area contributed by atoms with Crippen LogP contribution in [-0.4, -0.2) is 16.2 Å². The van der Waals surface area contributed by atoms with Crippen molar-refractivity contribution in [1.82, 2.24) is 4.98 Å². The van der Waals surface area contributed by atoms with Crippen LogP contribution in [0.25, 0.3) is 10.9 Å². The molecule has 0 N–H and O–H groups in total. The van der Waals surface area contributed by atoms with E-state index in [0.29, 0.717) is 16.8 Å². The molecule has 1 aliphatic heterocycles. The van der Waals surface area contributed by atoms with Crippen molar-refractivity contribution in [3.63, 3.8) is 0 Å². The Morgan fingerprint density at radius 1 is 0.923 bits per heavy atom. The highest BCUT2D eigenvalue weighted by molar-refractivity contribution is 6.16. The molecule has 4 rings (SSSR count). The summed E-state index contributed by atoms with van der Waals surface area (Å²) < 4.78 is 28.8. The van der Waals surface area contributed by atoms with E-state index in [9.17, 15) is 8.78 Å². The van der Waals surface area contributed by atoms with Crippen LogP contribution in [0.1, 0.15) is 44.4 Å². The van der Waals surface area contributed by atoms with E-state index in [-0.39, 0.29) is 0 Å². The van der Waals surface area contributed by atoms with Crippen LogP contribution in [0, 0.1) is 11.6 Å². The van der Waals surface area contributed by atoms with E-state index < -0.39 is 22.6 Å². The van der Waals surface area contributed by atoms with Crippen LogP contribution in [0.15, 0.2) is 53.7 Å². The van der Waals surface area contributed by atoms with Crippen molar-refractivity contribution in [2.45, 2.75) is 38.6 Å². The quantitative estimate of drug-likeness (QED) is 0.575.